The number of aromatic nitrogens is 1. The third-order valence-electron chi connectivity index (χ3n) is 6.56. The number of rotatable bonds is 6. The van der Waals surface area contributed by atoms with Crippen molar-refractivity contribution in [3.05, 3.63) is 82.4 Å². The molecule has 1 aliphatic rings. The third-order valence-corrected chi connectivity index (χ3v) is 7.56. The molecule has 1 amide bonds. The van der Waals surface area contributed by atoms with Gasteiger partial charge in [0, 0.05) is 11.1 Å². The van der Waals surface area contributed by atoms with Gasteiger partial charge in [0.2, 0.25) is 0 Å². The molecule has 0 radical (unpaired) electrons. The summed E-state index contributed by atoms with van der Waals surface area (Å²) in [5, 5.41) is 11.8. The van der Waals surface area contributed by atoms with Gasteiger partial charge in [0.15, 0.2) is 16.6 Å². The fourth-order valence-corrected chi connectivity index (χ4v) is 5.99. The summed E-state index contributed by atoms with van der Waals surface area (Å²) in [6, 6.07) is 14.8. The predicted octanol–water partition coefficient (Wildman–Crippen LogP) is 5.57. The monoisotopic (exact) mass is 530 g/mol. The fourth-order valence-electron chi connectivity index (χ4n) is 4.82. The number of thiazole rings is 1. The van der Waals surface area contributed by atoms with Crippen LogP contribution in [0.2, 0.25) is 0 Å². The summed E-state index contributed by atoms with van der Waals surface area (Å²) in [6.07, 6.45) is 0. The van der Waals surface area contributed by atoms with Gasteiger partial charge in [-0.2, -0.15) is 0 Å². The zero-order valence-corrected chi connectivity index (χ0v) is 22.4. The molecule has 0 unspecified atom stereocenters. The Kier molecular flexibility index (Phi) is 6.54. The van der Waals surface area contributed by atoms with Gasteiger partial charge in [-0.15, -0.1) is 0 Å². The number of para-hydroxylation sites is 1. The van der Waals surface area contributed by atoms with Crippen molar-refractivity contribution in [1.29, 1.82) is 0 Å². The van der Waals surface area contributed by atoms with Crippen LogP contribution in [0.1, 0.15) is 28.3 Å². The van der Waals surface area contributed by atoms with Crippen molar-refractivity contribution >= 4 is 44.1 Å². The van der Waals surface area contributed by atoms with Gasteiger partial charge >= 0.3 is 5.91 Å². The van der Waals surface area contributed by atoms with Crippen molar-refractivity contribution in [2.24, 2.45) is 0 Å². The zero-order chi connectivity index (χ0) is 27.1. The normalized spacial score (nSPS) is 16.8. The van der Waals surface area contributed by atoms with Crippen molar-refractivity contribution in [1.82, 2.24) is 4.98 Å². The minimum atomic E-state index is -1.01. The third kappa shape index (κ3) is 4.05. The number of hydrogen-bond acceptors (Lipinski definition) is 8. The molecule has 8 nitrogen and oxygen atoms in total. The average Bonchev–Trinajstić information content (AvgIpc) is 3.46. The Bertz CT molecular complexity index is 1610. The number of ketones is 1. The molecule has 1 N–H and O–H groups in total. The van der Waals surface area contributed by atoms with Crippen LogP contribution in [0.15, 0.2) is 60.2 Å². The Labute approximate surface area is 223 Å². The molecule has 0 saturated carbocycles. The number of anilines is 1. The van der Waals surface area contributed by atoms with Gasteiger partial charge in [0.1, 0.15) is 17.6 Å². The molecule has 0 aliphatic carbocycles. The Morgan fingerprint density at radius 1 is 0.974 bits per heavy atom. The molecule has 0 bridgehead atoms. The highest BCUT2D eigenvalue weighted by Crippen LogP contribution is 2.48. The number of carbonyl (C=O) groups is 2. The molecule has 3 aromatic carbocycles. The molecule has 2 heterocycles. The van der Waals surface area contributed by atoms with Gasteiger partial charge in [-0.1, -0.05) is 29.5 Å². The van der Waals surface area contributed by atoms with Crippen LogP contribution in [0.4, 0.5) is 5.13 Å². The predicted molar refractivity (Wildman–Crippen MR) is 146 cm³/mol. The summed E-state index contributed by atoms with van der Waals surface area (Å²) >= 11 is 1.31. The Balaban J connectivity index is 1.78. The first-order valence-corrected chi connectivity index (χ1v) is 12.6. The lowest BCUT2D eigenvalue weighted by Gasteiger charge is -2.25. The lowest BCUT2D eigenvalue weighted by atomic mass is 9.94. The van der Waals surface area contributed by atoms with Crippen molar-refractivity contribution < 1.29 is 28.9 Å². The highest BCUT2D eigenvalue weighted by molar-refractivity contribution is 7.22. The van der Waals surface area contributed by atoms with Crippen molar-refractivity contribution in [3.63, 3.8) is 0 Å². The van der Waals surface area contributed by atoms with E-state index < -0.39 is 17.7 Å². The van der Waals surface area contributed by atoms with Crippen LogP contribution in [0, 0.1) is 13.8 Å². The van der Waals surface area contributed by atoms with E-state index in [0.29, 0.717) is 33.5 Å². The highest BCUT2D eigenvalue weighted by atomic mass is 32.1. The van der Waals surface area contributed by atoms with Crippen LogP contribution in [0.25, 0.3) is 16.0 Å². The smallest absolute Gasteiger partial charge is 0.301 e. The number of methoxy groups -OCH3 is 3. The van der Waals surface area contributed by atoms with Gasteiger partial charge in [0.05, 0.1) is 37.1 Å². The van der Waals surface area contributed by atoms with Gasteiger partial charge in [0.25, 0.3) is 5.78 Å². The summed E-state index contributed by atoms with van der Waals surface area (Å²) in [7, 11) is 4.53. The summed E-state index contributed by atoms with van der Waals surface area (Å²) in [6.45, 7) is 3.95. The van der Waals surface area contributed by atoms with E-state index in [2.05, 4.69) is 0 Å². The minimum absolute atomic E-state index is 0.0705. The number of aryl methyl sites for hydroxylation is 2. The van der Waals surface area contributed by atoms with E-state index in [1.54, 1.807) is 42.5 Å². The molecular formula is C29H26N2O6S. The fraction of sp³-hybridized carbons (Fsp3) is 0.207. The van der Waals surface area contributed by atoms with Crippen molar-refractivity contribution in [2.75, 3.05) is 26.2 Å². The number of benzene rings is 3. The van der Waals surface area contributed by atoms with Gasteiger partial charge in [-0.25, -0.2) is 4.98 Å². The Morgan fingerprint density at radius 3 is 2.37 bits per heavy atom. The number of hydrogen-bond donors (Lipinski definition) is 1. The van der Waals surface area contributed by atoms with Crippen molar-refractivity contribution in [2.45, 2.75) is 19.9 Å². The number of nitrogens with zero attached hydrogens (tertiary/aromatic N) is 2. The number of aliphatic hydroxyl groups excluding tert-OH is 1. The Morgan fingerprint density at radius 2 is 1.71 bits per heavy atom. The maximum absolute atomic E-state index is 13.6. The maximum Gasteiger partial charge on any atom is 0.301 e. The molecular weight excluding hydrogens is 504 g/mol. The van der Waals surface area contributed by atoms with E-state index in [0.717, 1.165) is 21.3 Å². The summed E-state index contributed by atoms with van der Waals surface area (Å²) in [5.74, 6) is -0.551. The first-order valence-electron chi connectivity index (χ1n) is 11.8. The molecule has 1 saturated heterocycles. The molecule has 9 heteroatoms. The Hall–Kier alpha value is -4.37. The number of amides is 1. The molecule has 1 aliphatic heterocycles. The molecule has 38 heavy (non-hydrogen) atoms. The van der Waals surface area contributed by atoms with E-state index in [1.807, 2.05) is 26.0 Å². The van der Waals surface area contributed by atoms with Crippen LogP contribution >= 0.6 is 11.3 Å². The van der Waals surface area contributed by atoms with Gasteiger partial charge in [-0.3, -0.25) is 14.5 Å². The lowest BCUT2D eigenvalue weighted by molar-refractivity contribution is -0.132. The highest BCUT2D eigenvalue weighted by Gasteiger charge is 2.49. The first-order chi connectivity index (χ1) is 18.3. The van der Waals surface area contributed by atoms with E-state index >= 15 is 0 Å². The second kappa shape index (κ2) is 9.83. The SMILES string of the molecule is COc1ccc(/C(O)=C2\C(=O)C(=O)N(c3nc4c(C)cc(C)cc4s3)[C@H]2c2cccc(OC)c2OC)cc1. The zero-order valence-electron chi connectivity index (χ0n) is 21.6. The van der Waals surface area contributed by atoms with E-state index in [9.17, 15) is 14.7 Å². The van der Waals surface area contributed by atoms with Gasteiger partial charge in [-0.05, 0) is 61.4 Å². The van der Waals surface area contributed by atoms with Crippen LogP contribution in [0.3, 0.4) is 0 Å². The lowest BCUT2D eigenvalue weighted by Crippen LogP contribution is -2.29. The van der Waals surface area contributed by atoms with Crippen LogP contribution < -0.4 is 19.1 Å². The van der Waals surface area contributed by atoms with Crippen LogP contribution in [-0.4, -0.2) is 43.1 Å². The topological polar surface area (TPSA) is 98.2 Å². The number of carbonyl (C=O) groups excluding carboxylic acids is 2. The summed E-state index contributed by atoms with van der Waals surface area (Å²) in [4.78, 5) is 33.3. The second-order valence-electron chi connectivity index (χ2n) is 8.91. The quantitative estimate of drug-likeness (QED) is 0.198. The molecule has 1 aromatic heterocycles. The molecule has 1 atom stereocenters. The molecule has 4 aromatic rings. The number of Topliss-reactive ketones (excluding diaryl/α,β-unsaturated/α-hetero) is 1. The maximum atomic E-state index is 13.6. The van der Waals surface area contributed by atoms with Crippen LogP contribution in [0.5, 0.6) is 17.2 Å². The average molecular weight is 531 g/mol. The van der Waals surface area contributed by atoms with Gasteiger partial charge < -0.3 is 19.3 Å². The van der Waals surface area contributed by atoms with E-state index in [1.165, 1.54) is 37.6 Å². The number of aliphatic hydroxyl groups is 1. The standard InChI is InChI=1S/C29H26N2O6S/c1-15-13-16(2)23-21(14-15)38-29(30-23)31-24(19-7-6-8-20(36-4)27(19)37-5)22(26(33)28(31)34)25(32)17-9-11-18(35-3)12-10-17/h6-14,24,32H,1-5H3/b25-22+/t24-/m0/s1. The summed E-state index contributed by atoms with van der Waals surface area (Å²) < 4.78 is 17.3. The minimum Gasteiger partial charge on any atom is -0.507 e. The molecule has 194 valence electrons. The largest absolute Gasteiger partial charge is 0.507 e. The number of ether oxygens (including phenoxy) is 3. The number of fused-ring (bicyclic) bond motifs is 1. The van der Waals surface area contributed by atoms with E-state index in [-0.39, 0.29) is 11.3 Å². The van der Waals surface area contributed by atoms with Crippen LogP contribution in [-0.2, 0) is 9.59 Å². The van der Waals surface area contributed by atoms with Crippen molar-refractivity contribution in [3.8, 4) is 17.2 Å². The summed E-state index contributed by atoms with van der Waals surface area (Å²) in [5.41, 5.74) is 3.56. The molecule has 1 fully saturated rings. The second-order valence-corrected chi connectivity index (χ2v) is 9.91. The first kappa shape index (κ1) is 25.3. The van der Waals surface area contributed by atoms with E-state index in [4.69, 9.17) is 19.2 Å². The molecule has 0 spiro atoms. The molecule has 5 rings (SSSR count).